The van der Waals surface area contributed by atoms with Crippen LogP contribution in [0.15, 0.2) is 35.5 Å². The van der Waals surface area contributed by atoms with Crippen LogP contribution in [-0.4, -0.2) is 49.1 Å². The third-order valence-corrected chi connectivity index (χ3v) is 6.86. The molecule has 0 saturated carbocycles. The molecule has 3 aromatic heterocycles. The largest absolute Gasteiger partial charge is 0.504 e. The molecule has 1 fully saturated rings. The highest BCUT2D eigenvalue weighted by molar-refractivity contribution is 6.33. The third-order valence-electron chi connectivity index (χ3n) is 6.50. The molecule has 14 heteroatoms. The number of nitrogens with zero attached hydrogens (tertiary/aromatic N) is 5. The van der Waals surface area contributed by atoms with Crippen molar-refractivity contribution in [2.45, 2.75) is 19.4 Å². The summed E-state index contributed by atoms with van der Waals surface area (Å²) in [5.41, 5.74) is 4.63. The molecule has 0 radical (unpaired) electrons. The average molecular weight is 558 g/mol. The zero-order valence-electron chi connectivity index (χ0n) is 20.5. The van der Waals surface area contributed by atoms with Gasteiger partial charge in [-0.15, -0.1) is 0 Å². The summed E-state index contributed by atoms with van der Waals surface area (Å²) < 4.78 is 31.5. The molecule has 5 rings (SSSR count). The molecule has 4 N–H and O–H groups in total. The molecule has 0 aliphatic carbocycles. The number of hydrogen-bond donors (Lipinski definition) is 3. The van der Waals surface area contributed by atoms with E-state index in [-0.39, 0.29) is 39.4 Å². The van der Waals surface area contributed by atoms with Crippen molar-refractivity contribution in [2.24, 2.45) is 12.8 Å². The summed E-state index contributed by atoms with van der Waals surface area (Å²) in [6, 6.07) is 3.57. The summed E-state index contributed by atoms with van der Waals surface area (Å²) in [6.45, 7) is 1.03. The SMILES string of the molecule is Cn1cnc2c(c(-c3cc(F)c(O)c(C(N)=O)c3)cn2CC(=O)Nc2cc(N3CCCC3)nc(F)c2Cl)c1=O. The molecule has 1 aliphatic heterocycles. The number of anilines is 2. The molecule has 1 saturated heterocycles. The molecule has 2 amide bonds. The quantitative estimate of drug-likeness (QED) is 0.309. The number of pyridine rings is 1. The van der Waals surface area contributed by atoms with Crippen LogP contribution >= 0.6 is 11.6 Å². The second-order valence-electron chi connectivity index (χ2n) is 9.12. The lowest BCUT2D eigenvalue weighted by atomic mass is 10.0. The Hall–Kier alpha value is -4.52. The van der Waals surface area contributed by atoms with Crippen LogP contribution in [0, 0.1) is 11.8 Å². The number of carbonyl (C=O) groups excluding carboxylic acids is 2. The molecule has 39 heavy (non-hydrogen) atoms. The number of benzene rings is 1. The van der Waals surface area contributed by atoms with Crippen molar-refractivity contribution in [3.8, 4) is 16.9 Å². The number of aromatic hydroxyl groups is 1. The van der Waals surface area contributed by atoms with Gasteiger partial charge in [0.2, 0.25) is 11.9 Å². The standard InChI is InChI=1S/C25H22ClF2N7O4/c1-33-11-30-24-19(25(33)39)14(12-6-13(23(29)38)21(37)15(27)7-12)9-35(24)10-18(36)31-16-8-17(32-22(28)20(16)26)34-4-2-3-5-34/h6-9,11,37H,2-5,10H2,1H3,(H2,29,38)(H,31,32,36). The van der Waals surface area contributed by atoms with Crippen molar-refractivity contribution in [2.75, 3.05) is 23.3 Å². The number of hydrogen-bond acceptors (Lipinski definition) is 7. The van der Waals surface area contributed by atoms with E-state index >= 15 is 0 Å². The lowest BCUT2D eigenvalue weighted by Crippen LogP contribution is -2.22. The summed E-state index contributed by atoms with van der Waals surface area (Å²) >= 11 is 6.08. The van der Waals surface area contributed by atoms with E-state index in [1.54, 1.807) is 0 Å². The molecule has 202 valence electrons. The van der Waals surface area contributed by atoms with Gasteiger partial charge in [-0.3, -0.25) is 14.4 Å². The van der Waals surface area contributed by atoms with E-state index in [1.807, 2.05) is 4.90 Å². The second kappa shape index (κ2) is 9.98. The number of aryl methyl sites for hydroxylation is 1. The Balaban J connectivity index is 1.54. The Morgan fingerprint density at radius 1 is 1.21 bits per heavy atom. The van der Waals surface area contributed by atoms with Crippen molar-refractivity contribution in [3.05, 3.63) is 63.4 Å². The van der Waals surface area contributed by atoms with Gasteiger partial charge in [0.25, 0.3) is 11.5 Å². The fourth-order valence-corrected chi connectivity index (χ4v) is 4.72. The minimum absolute atomic E-state index is 0.0309. The Bertz CT molecular complexity index is 1710. The Morgan fingerprint density at radius 3 is 2.62 bits per heavy atom. The van der Waals surface area contributed by atoms with E-state index in [2.05, 4.69) is 15.3 Å². The first-order valence-electron chi connectivity index (χ1n) is 11.8. The van der Waals surface area contributed by atoms with Gasteiger partial charge in [-0.05, 0) is 30.5 Å². The van der Waals surface area contributed by atoms with Crippen LogP contribution in [0.1, 0.15) is 23.2 Å². The number of nitrogens with two attached hydrogens (primary N) is 1. The van der Waals surface area contributed by atoms with Crippen molar-refractivity contribution in [1.82, 2.24) is 19.1 Å². The molecule has 0 bridgehead atoms. The molecular formula is C25H22ClF2N7O4. The van der Waals surface area contributed by atoms with Gasteiger partial charge in [0.15, 0.2) is 11.6 Å². The van der Waals surface area contributed by atoms with Gasteiger partial charge >= 0.3 is 0 Å². The van der Waals surface area contributed by atoms with Crippen LogP contribution in [0.5, 0.6) is 5.75 Å². The zero-order chi connectivity index (χ0) is 28.0. The summed E-state index contributed by atoms with van der Waals surface area (Å²) in [7, 11) is 1.47. The number of carbonyl (C=O) groups is 2. The minimum atomic E-state index is -1.12. The molecule has 0 spiro atoms. The van der Waals surface area contributed by atoms with Gasteiger partial charge in [0.05, 0.1) is 23.0 Å². The van der Waals surface area contributed by atoms with E-state index < -0.39 is 40.5 Å². The van der Waals surface area contributed by atoms with E-state index in [0.29, 0.717) is 18.9 Å². The predicted molar refractivity (Wildman–Crippen MR) is 140 cm³/mol. The first-order valence-corrected chi connectivity index (χ1v) is 12.2. The number of rotatable bonds is 6. The van der Waals surface area contributed by atoms with E-state index in [1.165, 1.54) is 34.8 Å². The fourth-order valence-electron chi connectivity index (χ4n) is 4.58. The summed E-state index contributed by atoms with van der Waals surface area (Å²) in [6.07, 6.45) is 4.52. The maximum atomic E-state index is 14.5. The van der Waals surface area contributed by atoms with Gasteiger partial charge < -0.3 is 30.2 Å². The lowest BCUT2D eigenvalue weighted by Gasteiger charge is -2.18. The summed E-state index contributed by atoms with van der Waals surface area (Å²) in [4.78, 5) is 47.8. The van der Waals surface area contributed by atoms with Crippen LogP contribution in [0.2, 0.25) is 5.02 Å². The molecule has 11 nitrogen and oxygen atoms in total. The van der Waals surface area contributed by atoms with E-state index in [4.69, 9.17) is 17.3 Å². The molecule has 0 atom stereocenters. The molecule has 4 aromatic rings. The van der Waals surface area contributed by atoms with Crippen molar-refractivity contribution < 1.29 is 23.5 Å². The molecule has 0 unspecified atom stereocenters. The number of primary amides is 1. The first-order chi connectivity index (χ1) is 18.5. The van der Waals surface area contributed by atoms with Crippen LogP contribution in [-0.2, 0) is 18.4 Å². The van der Waals surface area contributed by atoms with Crippen LogP contribution in [0.3, 0.4) is 0 Å². The smallest absolute Gasteiger partial charge is 0.263 e. The first kappa shape index (κ1) is 26.1. The lowest BCUT2D eigenvalue weighted by molar-refractivity contribution is -0.116. The summed E-state index contributed by atoms with van der Waals surface area (Å²) in [5.74, 6) is -4.30. The monoisotopic (exact) mass is 557 g/mol. The number of nitrogens with one attached hydrogen (secondary N) is 1. The predicted octanol–water partition coefficient (Wildman–Crippen LogP) is 2.77. The average Bonchev–Trinajstić information content (AvgIpc) is 3.54. The second-order valence-corrected chi connectivity index (χ2v) is 9.50. The fraction of sp³-hybridized carbons (Fsp3) is 0.240. The van der Waals surface area contributed by atoms with Crippen LogP contribution in [0.25, 0.3) is 22.2 Å². The Labute approximate surface area is 224 Å². The van der Waals surface area contributed by atoms with E-state index in [0.717, 1.165) is 25.0 Å². The number of halogens is 3. The zero-order valence-corrected chi connectivity index (χ0v) is 21.3. The van der Waals surface area contributed by atoms with Crippen LogP contribution in [0.4, 0.5) is 20.3 Å². The molecule has 1 aliphatic rings. The highest BCUT2D eigenvalue weighted by Gasteiger charge is 2.23. The van der Waals surface area contributed by atoms with Crippen molar-refractivity contribution in [1.29, 1.82) is 0 Å². The van der Waals surface area contributed by atoms with Gasteiger partial charge in [-0.1, -0.05) is 11.6 Å². The molecule has 4 heterocycles. The summed E-state index contributed by atoms with van der Waals surface area (Å²) in [5, 5.41) is 12.2. The van der Waals surface area contributed by atoms with Crippen molar-refractivity contribution >= 4 is 46.0 Å². The number of aromatic nitrogens is 4. The molecule has 1 aromatic carbocycles. The van der Waals surface area contributed by atoms with E-state index in [9.17, 15) is 28.3 Å². The maximum absolute atomic E-state index is 14.5. The number of phenols is 1. The van der Waals surface area contributed by atoms with Gasteiger partial charge in [0.1, 0.15) is 23.0 Å². The minimum Gasteiger partial charge on any atom is -0.504 e. The topological polar surface area (TPSA) is 148 Å². The van der Waals surface area contributed by atoms with Crippen molar-refractivity contribution in [3.63, 3.8) is 0 Å². The highest BCUT2D eigenvalue weighted by atomic mass is 35.5. The third kappa shape index (κ3) is 4.76. The maximum Gasteiger partial charge on any atom is 0.263 e. The van der Waals surface area contributed by atoms with Gasteiger partial charge in [-0.25, -0.2) is 14.4 Å². The van der Waals surface area contributed by atoms with Gasteiger partial charge in [-0.2, -0.15) is 4.39 Å². The van der Waals surface area contributed by atoms with Gasteiger partial charge in [0, 0.05) is 38.0 Å². The number of fused-ring (bicyclic) bond motifs is 1. The Kier molecular flexibility index (Phi) is 6.68. The molecular weight excluding hydrogens is 536 g/mol. The number of amides is 2. The normalized spacial score (nSPS) is 13.3. The Morgan fingerprint density at radius 2 is 1.92 bits per heavy atom. The van der Waals surface area contributed by atoms with Crippen LogP contribution < -0.4 is 21.5 Å². The highest BCUT2D eigenvalue weighted by Crippen LogP contribution is 2.33.